The maximum atomic E-state index is 14.4. The predicted octanol–water partition coefficient (Wildman–Crippen LogP) is 6.24. The summed E-state index contributed by atoms with van der Waals surface area (Å²) in [6, 6.07) is 39.7. The van der Waals surface area contributed by atoms with E-state index < -0.39 is 47.1 Å². The van der Waals surface area contributed by atoms with Gasteiger partial charge in [-0.15, -0.1) is 0 Å². The number of ether oxygens (including phenoxy) is 2. The first kappa shape index (κ1) is 41.1. The second-order valence-electron chi connectivity index (χ2n) is 14.0. The lowest BCUT2D eigenvalue weighted by atomic mass is 9.77. The number of anilines is 1. The molecule has 4 aromatic carbocycles. The van der Waals surface area contributed by atoms with E-state index in [1.165, 1.54) is 29.0 Å². The quantitative estimate of drug-likeness (QED) is 0.0576. The topological polar surface area (TPSA) is 145 Å². The number of nitrogens with zero attached hydrogens (tertiary/aromatic N) is 1. The number of amides is 3. The van der Waals surface area contributed by atoms with Crippen LogP contribution in [-0.4, -0.2) is 53.6 Å². The highest BCUT2D eigenvalue weighted by Crippen LogP contribution is 2.37. The van der Waals surface area contributed by atoms with Crippen molar-refractivity contribution < 1.29 is 28.7 Å². The molecule has 1 fully saturated rings. The molecule has 5 aromatic rings. The standard InChI is InChI=1S/C47H48N4O7/c1-2-57-43(53)30-28-38(27-29-42(52)50-47(35-19-9-4-10-20-35,36-21-11-5-12-22-36)37-23-13-6-14-24-37)48-44(54)40(33-34-17-7-3-8-18-34)51-31-15-25-39(46(51)56)49-45(55)41-26-16-32-58-41/h3-15,17-25,28,30-31,38,40-41H,2,16,26-27,29,32-33H2,1H3,(H,48,54)(H,49,55)(H,50,52)/b30-28+/t38-,40-,41?/m0/s1. The number of nitrogens with one attached hydrogen (secondary N) is 3. The van der Waals surface area contributed by atoms with Gasteiger partial charge in [0.25, 0.3) is 11.5 Å². The van der Waals surface area contributed by atoms with Gasteiger partial charge < -0.3 is 30.0 Å². The van der Waals surface area contributed by atoms with Gasteiger partial charge in [-0.25, -0.2) is 4.79 Å². The lowest BCUT2D eigenvalue weighted by Gasteiger charge is -2.37. The van der Waals surface area contributed by atoms with E-state index in [9.17, 15) is 24.0 Å². The van der Waals surface area contributed by atoms with Crippen LogP contribution in [0.4, 0.5) is 5.69 Å². The van der Waals surface area contributed by atoms with Crippen LogP contribution in [-0.2, 0) is 40.6 Å². The number of carbonyl (C=O) groups is 4. The Balaban J connectivity index is 1.29. The van der Waals surface area contributed by atoms with Gasteiger partial charge >= 0.3 is 5.97 Å². The average molecular weight is 781 g/mol. The third-order valence-corrected chi connectivity index (χ3v) is 10.1. The fraction of sp³-hybridized carbons (Fsp3) is 0.255. The Morgan fingerprint density at radius 2 is 1.41 bits per heavy atom. The van der Waals surface area contributed by atoms with Crippen molar-refractivity contribution in [2.75, 3.05) is 18.5 Å². The number of hydrogen-bond donors (Lipinski definition) is 3. The first-order chi connectivity index (χ1) is 28.3. The lowest BCUT2D eigenvalue weighted by Crippen LogP contribution is -2.48. The van der Waals surface area contributed by atoms with E-state index >= 15 is 0 Å². The summed E-state index contributed by atoms with van der Waals surface area (Å²) >= 11 is 0. The Kier molecular flexibility index (Phi) is 14.2. The van der Waals surface area contributed by atoms with Gasteiger partial charge in [0, 0.05) is 37.8 Å². The summed E-state index contributed by atoms with van der Waals surface area (Å²) in [5.74, 6) is -1.85. The molecule has 6 rings (SSSR count). The van der Waals surface area contributed by atoms with Crippen LogP contribution in [0.25, 0.3) is 0 Å². The van der Waals surface area contributed by atoms with Crippen LogP contribution in [0.15, 0.2) is 157 Å². The maximum absolute atomic E-state index is 14.4. The van der Waals surface area contributed by atoms with Gasteiger partial charge in [-0.05, 0) is 60.6 Å². The molecule has 58 heavy (non-hydrogen) atoms. The minimum atomic E-state index is -1.07. The Hall–Kier alpha value is -6.59. The van der Waals surface area contributed by atoms with Crippen molar-refractivity contribution in [2.45, 2.75) is 62.8 Å². The molecule has 0 radical (unpaired) electrons. The van der Waals surface area contributed by atoms with Crippen molar-refractivity contribution >= 4 is 29.4 Å². The average Bonchev–Trinajstić information content (AvgIpc) is 3.81. The van der Waals surface area contributed by atoms with E-state index in [0.29, 0.717) is 13.0 Å². The summed E-state index contributed by atoms with van der Waals surface area (Å²) in [5, 5.41) is 9.03. The largest absolute Gasteiger partial charge is 0.463 e. The fourth-order valence-corrected chi connectivity index (χ4v) is 7.22. The zero-order chi connectivity index (χ0) is 40.7. The first-order valence-corrected chi connectivity index (χ1v) is 19.6. The zero-order valence-corrected chi connectivity index (χ0v) is 32.4. The number of hydrogen-bond acceptors (Lipinski definition) is 7. The molecule has 11 nitrogen and oxygen atoms in total. The van der Waals surface area contributed by atoms with Crippen molar-refractivity contribution in [1.29, 1.82) is 0 Å². The molecule has 298 valence electrons. The number of esters is 1. The molecule has 0 bridgehead atoms. The van der Waals surface area contributed by atoms with E-state index in [-0.39, 0.29) is 37.5 Å². The number of pyridine rings is 1. The van der Waals surface area contributed by atoms with Crippen LogP contribution >= 0.6 is 0 Å². The third-order valence-electron chi connectivity index (χ3n) is 10.1. The Morgan fingerprint density at radius 1 is 0.828 bits per heavy atom. The Morgan fingerprint density at radius 3 is 1.97 bits per heavy atom. The van der Waals surface area contributed by atoms with Crippen molar-refractivity contribution in [3.8, 4) is 0 Å². The highest BCUT2D eigenvalue weighted by atomic mass is 16.5. The molecular formula is C47H48N4O7. The predicted molar refractivity (Wildman–Crippen MR) is 222 cm³/mol. The van der Waals surface area contributed by atoms with Crippen molar-refractivity contribution in [2.24, 2.45) is 0 Å². The summed E-state index contributed by atoms with van der Waals surface area (Å²) in [7, 11) is 0. The van der Waals surface area contributed by atoms with Gasteiger partial charge in [0.1, 0.15) is 23.4 Å². The second kappa shape index (κ2) is 20.0. The molecular weight excluding hydrogens is 733 g/mol. The van der Waals surface area contributed by atoms with E-state index in [4.69, 9.17) is 9.47 Å². The molecule has 3 atom stereocenters. The molecule has 0 saturated carbocycles. The second-order valence-corrected chi connectivity index (χ2v) is 14.0. The summed E-state index contributed by atoms with van der Waals surface area (Å²) in [6.07, 6.45) is 5.08. The molecule has 0 aliphatic carbocycles. The normalized spacial score (nSPS) is 14.9. The van der Waals surface area contributed by atoms with E-state index in [2.05, 4.69) is 16.0 Å². The molecule has 3 amide bonds. The van der Waals surface area contributed by atoms with Crippen LogP contribution in [0.3, 0.4) is 0 Å². The number of aromatic nitrogens is 1. The van der Waals surface area contributed by atoms with E-state index in [1.54, 1.807) is 13.0 Å². The third kappa shape index (κ3) is 10.2. The van der Waals surface area contributed by atoms with Crippen LogP contribution in [0.2, 0.25) is 0 Å². The summed E-state index contributed by atoms with van der Waals surface area (Å²) in [4.78, 5) is 68.0. The van der Waals surface area contributed by atoms with E-state index in [1.807, 2.05) is 121 Å². The first-order valence-electron chi connectivity index (χ1n) is 19.6. The Bertz CT molecular complexity index is 2120. The van der Waals surface area contributed by atoms with Crippen LogP contribution in [0.1, 0.15) is 60.9 Å². The number of carbonyl (C=O) groups excluding carboxylic acids is 4. The zero-order valence-electron chi connectivity index (χ0n) is 32.4. The molecule has 1 unspecified atom stereocenters. The van der Waals surface area contributed by atoms with E-state index in [0.717, 1.165) is 28.7 Å². The van der Waals surface area contributed by atoms with Crippen LogP contribution in [0, 0.1) is 0 Å². The minimum Gasteiger partial charge on any atom is -0.463 e. The molecule has 1 saturated heterocycles. The van der Waals surface area contributed by atoms with Crippen molar-refractivity contribution in [3.63, 3.8) is 0 Å². The molecule has 1 aliphatic rings. The smallest absolute Gasteiger partial charge is 0.330 e. The van der Waals surface area contributed by atoms with Gasteiger partial charge in [0.15, 0.2) is 0 Å². The molecule has 1 aromatic heterocycles. The van der Waals surface area contributed by atoms with Gasteiger partial charge in [-0.3, -0.25) is 19.2 Å². The number of rotatable bonds is 17. The Labute approximate surface area is 338 Å². The molecule has 3 N–H and O–H groups in total. The molecule has 0 spiro atoms. The van der Waals surface area contributed by atoms with Crippen molar-refractivity contribution in [3.05, 3.63) is 184 Å². The van der Waals surface area contributed by atoms with Crippen LogP contribution in [0.5, 0.6) is 0 Å². The minimum absolute atomic E-state index is 0.0167. The number of benzene rings is 4. The summed E-state index contributed by atoms with van der Waals surface area (Å²) < 4.78 is 11.9. The molecule has 11 heteroatoms. The summed E-state index contributed by atoms with van der Waals surface area (Å²) in [6.45, 7) is 2.32. The van der Waals surface area contributed by atoms with Crippen LogP contribution < -0.4 is 21.5 Å². The highest BCUT2D eigenvalue weighted by molar-refractivity contribution is 5.94. The van der Waals surface area contributed by atoms with Gasteiger partial charge in [0.05, 0.1) is 6.61 Å². The van der Waals surface area contributed by atoms with Gasteiger partial charge in [0.2, 0.25) is 11.8 Å². The molecule has 2 heterocycles. The maximum Gasteiger partial charge on any atom is 0.330 e. The lowest BCUT2D eigenvalue weighted by molar-refractivity contribution is -0.137. The highest BCUT2D eigenvalue weighted by Gasteiger charge is 2.38. The fourth-order valence-electron chi connectivity index (χ4n) is 7.22. The SMILES string of the molecule is CCOC(=O)/C=C/[C@H](CCC(=O)NC(c1ccccc1)(c1ccccc1)c1ccccc1)NC(=O)[C@H](Cc1ccccc1)n1cccc(NC(=O)C2CCCO2)c1=O. The van der Waals surface area contributed by atoms with Gasteiger partial charge in [-0.2, -0.15) is 0 Å². The molecule has 1 aliphatic heterocycles. The van der Waals surface area contributed by atoms with Gasteiger partial charge in [-0.1, -0.05) is 127 Å². The van der Waals surface area contributed by atoms with Crippen molar-refractivity contribution in [1.82, 2.24) is 15.2 Å². The summed E-state index contributed by atoms with van der Waals surface area (Å²) in [5.41, 5.74) is 1.76. The monoisotopic (exact) mass is 780 g/mol.